The first-order valence-electron chi connectivity index (χ1n) is 12.1. The van der Waals surface area contributed by atoms with Crippen LogP contribution in [-0.2, 0) is 0 Å². The number of aliphatic hydroxyl groups excluding tert-OH is 1. The Bertz CT molecular complexity index is 1110. The lowest BCUT2D eigenvalue weighted by Gasteiger charge is -2.36. The Morgan fingerprint density at radius 3 is 2.32 bits per heavy atom. The number of carbonyl (C=O) groups excluding carboxylic acids is 1. The minimum Gasteiger partial charge on any atom is -0.387 e. The van der Waals surface area contributed by atoms with Crippen LogP contribution in [0, 0.1) is 5.82 Å². The van der Waals surface area contributed by atoms with Crippen molar-refractivity contribution < 1.29 is 14.3 Å². The highest BCUT2D eigenvalue weighted by molar-refractivity contribution is 5.96. The molecule has 2 aliphatic rings. The van der Waals surface area contributed by atoms with E-state index in [0.29, 0.717) is 30.8 Å². The molecular weight excluding hydrogens is 431 g/mol. The smallest absolute Gasteiger partial charge is 0.255 e. The summed E-state index contributed by atoms with van der Waals surface area (Å²) < 4.78 is 15.1. The maximum absolute atomic E-state index is 13.3. The predicted molar refractivity (Wildman–Crippen MR) is 131 cm³/mol. The first-order chi connectivity index (χ1) is 16.6. The summed E-state index contributed by atoms with van der Waals surface area (Å²) in [6.07, 6.45) is 2.64. The maximum atomic E-state index is 13.3. The number of para-hydroxylation sites is 1. The molecule has 1 N–H and O–H groups in total. The highest BCUT2D eigenvalue weighted by atomic mass is 19.1. The molecule has 5 rings (SSSR count). The summed E-state index contributed by atoms with van der Waals surface area (Å²) in [6, 6.07) is 18.4. The molecule has 0 bridgehead atoms. The van der Waals surface area contributed by atoms with E-state index in [1.54, 1.807) is 0 Å². The van der Waals surface area contributed by atoms with E-state index in [4.69, 9.17) is 0 Å². The summed E-state index contributed by atoms with van der Waals surface area (Å²) in [7, 11) is 0. The van der Waals surface area contributed by atoms with Gasteiger partial charge in [-0.05, 0) is 61.9 Å². The maximum Gasteiger partial charge on any atom is 0.255 e. The molecule has 1 amide bonds. The van der Waals surface area contributed by atoms with Gasteiger partial charge in [-0.1, -0.05) is 18.2 Å². The summed E-state index contributed by atoms with van der Waals surface area (Å²) in [6.45, 7) is 5.90. The van der Waals surface area contributed by atoms with Crippen LogP contribution in [0.25, 0.3) is 5.69 Å². The van der Waals surface area contributed by atoms with Crippen LogP contribution >= 0.6 is 0 Å². The number of amides is 1. The van der Waals surface area contributed by atoms with E-state index in [9.17, 15) is 14.3 Å². The van der Waals surface area contributed by atoms with Gasteiger partial charge in [0.25, 0.3) is 5.91 Å². The number of hydrogen-bond acceptors (Lipinski definition) is 4. The lowest BCUT2D eigenvalue weighted by molar-refractivity contribution is 0.0738. The van der Waals surface area contributed by atoms with E-state index < -0.39 is 6.10 Å². The van der Waals surface area contributed by atoms with Gasteiger partial charge in [0.2, 0.25) is 0 Å². The zero-order valence-corrected chi connectivity index (χ0v) is 19.3. The van der Waals surface area contributed by atoms with Crippen molar-refractivity contribution in [3.63, 3.8) is 0 Å². The van der Waals surface area contributed by atoms with Gasteiger partial charge in [0.15, 0.2) is 0 Å². The quantitative estimate of drug-likeness (QED) is 0.607. The molecule has 1 unspecified atom stereocenters. The molecule has 6 nitrogen and oxygen atoms in total. The molecule has 1 fully saturated rings. The number of aliphatic hydroxyl groups is 1. The Labute approximate surface area is 199 Å². The van der Waals surface area contributed by atoms with Gasteiger partial charge in [-0.15, -0.1) is 0 Å². The zero-order valence-electron chi connectivity index (χ0n) is 19.3. The number of carbonyl (C=O) groups is 1. The van der Waals surface area contributed by atoms with Gasteiger partial charge in [0.1, 0.15) is 5.82 Å². The van der Waals surface area contributed by atoms with E-state index in [1.165, 1.54) is 12.1 Å². The second-order valence-electron chi connectivity index (χ2n) is 9.08. The third-order valence-corrected chi connectivity index (χ3v) is 6.93. The minimum atomic E-state index is -0.668. The number of piperazine rings is 1. The molecule has 0 radical (unpaired) electrons. The van der Waals surface area contributed by atoms with Crippen LogP contribution in [0.4, 0.5) is 10.1 Å². The zero-order chi connectivity index (χ0) is 23.5. The van der Waals surface area contributed by atoms with Gasteiger partial charge in [0.05, 0.1) is 17.4 Å². The Morgan fingerprint density at radius 2 is 1.59 bits per heavy atom. The number of halogens is 1. The monoisotopic (exact) mass is 462 g/mol. The molecule has 178 valence electrons. The number of aromatic nitrogens is 1. The molecule has 1 atom stereocenters. The van der Waals surface area contributed by atoms with E-state index in [1.807, 2.05) is 64.2 Å². The fourth-order valence-electron chi connectivity index (χ4n) is 5.05. The number of fused-ring (bicyclic) bond motifs is 1. The van der Waals surface area contributed by atoms with Gasteiger partial charge >= 0.3 is 0 Å². The van der Waals surface area contributed by atoms with Gasteiger partial charge in [-0.3, -0.25) is 9.69 Å². The number of nitrogens with zero attached hydrogens (tertiary/aromatic N) is 4. The molecule has 1 saturated heterocycles. The normalized spacial score (nSPS) is 19.2. The van der Waals surface area contributed by atoms with Gasteiger partial charge in [-0.2, -0.15) is 0 Å². The molecule has 0 spiro atoms. The average Bonchev–Trinajstić information content (AvgIpc) is 3.28. The molecule has 2 aromatic carbocycles. The molecule has 34 heavy (non-hydrogen) atoms. The molecule has 3 aromatic rings. The third-order valence-electron chi connectivity index (χ3n) is 6.93. The van der Waals surface area contributed by atoms with E-state index >= 15 is 0 Å². The van der Waals surface area contributed by atoms with Crippen molar-refractivity contribution in [2.45, 2.75) is 18.9 Å². The molecule has 0 saturated carbocycles. The Balaban J connectivity index is 1.16. The highest BCUT2D eigenvalue weighted by Crippen LogP contribution is 2.30. The first-order valence-corrected chi connectivity index (χ1v) is 12.1. The van der Waals surface area contributed by atoms with Crippen LogP contribution in [0.3, 0.4) is 0 Å². The summed E-state index contributed by atoms with van der Waals surface area (Å²) in [5.41, 5.74) is 3.30. The Hall–Kier alpha value is -3.16. The van der Waals surface area contributed by atoms with Gasteiger partial charge in [-0.25, -0.2) is 4.39 Å². The van der Waals surface area contributed by atoms with Crippen LogP contribution < -0.4 is 4.90 Å². The van der Waals surface area contributed by atoms with Crippen molar-refractivity contribution in [3.05, 3.63) is 83.9 Å². The van der Waals surface area contributed by atoms with E-state index in [-0.39, 0.29) is 11.7 Å². The Kier molecular flexibility index (Phi) is 6.65. The predicted octanol–water partition coefficient (Wildman–Crippen LogP) is 3.71. The fraction of sp³-hybridized carbons (Fsp3) is 0.370. The van der Waals surface area contributed by atoms with Gasteiger partial charge < -0.3 is 19.5 Å². The van der Waals surface area contributed by atoms with Crippen LogP contribution in [0.15, 0.2) is 66.9 Å². The first kappa shape index (κ1) is 22.6. The van der Waals surface area contributed by atoms with Crippen molar-refractivity contribution in [1.29, 1.82) is 0 Å². The molecule has 0 aliphatic carbocycles. The van der Waals surface area contributed by atoms with Crippen LogP contribution in [0.2, 0.25) is 0 Å². The fourth-order valence-corrected chi connectivity index (χ4v) is 5.05. The molecule has 1 aromatic heterocycles. The summed E-state index contributed by atoms with van der Waals surface area (Å²) in [5.74, 6) is -0.205. The number of anilines is 1. The van der Waals surface area contributed by atoms with Crippen molar-refractivity contribution in [2.24, 2.45) is 0 Å². The number of benzene rings is 2. The van der Waals surface area contributed by atoms with Crippen molar-refractivity contribution in [3.8, 4) is 5.69 Å². The highest BCUT2D eigenvalue weighted by Gasteiger charge is 2.30. The standard InChI is InChI=1S/C27H31FN4O2/c28-21-7-9-22(10-8-21)30-19-17-29(18-20-30)13-4-14-31-15-12-25(33)26-24(27(31)34)11-16-32(26)23-5-2-1-3-6-23/h1-3,5-11,16,25,33H,4,12-15,17-20H2. The number of hydrogen-bond donors (Lipinski definition) is 1. The van der Waals surface area contributed by atoms with E-state index in [2.05, 4.69) is 9.80 Å². The summed E-state index contributed by atoms with van der Waals surface area (Å²) in [5, 5.41) is 10.8. The number of rotatable bonds is 6. The lowest BCUT2D eigenvalue weighted by atomic mass is 10.1. The third kappa shape index (κ3) is 4.72. The van der Waals surface area contributed by atoms with Crippen LogP contribution in [0.5, 0.6) is 0 Å². The summed E-state index contributed by atoms with van der Waals surface area (Å²) in [4.78, 5) is 19.9. The molecule has 2 aliphatic heterocycles. The van der Waals surface area contributed by atoms with E-state index in [0.717, 1.165) is 50.5 Å². The summed E-state index contributed by atoms with van der Waals surface area (Å²) >= 11 is 0. The van der Waals surface area contributed by atoms with Crippen LogP contribution in [-0.4, -0.2) is 71.2 Å². The van der Waals surface area contributed by atoms with Crippen molar-refractivity contribution >= 4 is 11.6 Å². The lowest BCUT2D eigenvalue weighted by Crippen LogP contribution is -2.47. The molecular formula is C27H31FN4O2. The topological polar surface area (TPSA) is 52.0 Å². The molecule has 7 heteroatoms. The second kappa shape index (κ2) is 9.99. The molecule has 3 heterocycles. The second-order valence-corrected chi connectivity index (χ2v) is 9.08. The largest absolute Gasteiger partial charge is 0.387 e. The van der Waals surface area contributed by atoms with Crippen molar-refractivity contribution in [1.82, 2.24) is 14.4 Å². The SMILES string of the molecule is O=C1c2ccn(-c3ccccc3)c2C(O)CCN1CCCN1CCN(c2ccc(F)cc2)CC1. The van der Waals surface area contributed by atoms with Crippen molar-refractivity contribution in [2.75, 3.05) is 50.7 Å². The minimum absolute atomic E-state index is 0.00219. The Morgan fingerprint density at radius 1 is 0.853 bits per heavy atom. The van der Waals surface area contributed by atoms with Crippen LogP contribution in [0.1, 0.15) is 35.0 Å². The average molecular weight is 463 g/mol. The van der Waals surface area contributed by atoms with Gasteiger partial charge in [0, 0.05) is 56.8 Å².